The second-order valence-corrected chi connectivity index (χ2v) is 7.91. The molecule has 0 unspecified atom stereocenters. The van der Waals surface area contributed by atoms with E-state index in [9.17, 15) is 4.79 Å². The van der Waals surface area contributed by atoms with Gasteiger partial charge in [-0.1, -0.05) is 46.4 Å². The van der Waals surface area contributed by atoms with Crippen molar-refractivity contribution in [2.24, 2.45) is 5.92 Å². The van der Waals surface area contributed by atoms with Gasteiger partial charge >= 0.3 is 0 Å². The van der Waals surface area contributed by atoms with Gasteiger partial charge in [0, 0.05) is 18.9 Å². The van der Waals surface area contributed by atoms with Crippen LogP contribution >= 0.6 is 46.4 Å². The van der Waals surface area contributed by atoms with Crippen LogP contribution in [-0.4, -0.2) is 40.2 Å². The van der Waals surface area contributed by atoms with E-state index in [-0.39, 0.29) is 38.2 Å². The number of hydrogen-bond acceptors (Lipinski definition) is 3. The van der Waals surface area contributed by atoms with Gasteiger partial charge in [0.1, 0.15) is 0 Å². The number of likely N-dealkylation sites (tertiary alicyclic amines) is 1. The minimum atomic E-state index is -0.197. The summed E-state index contributed by atoms with van der Waals surface area (Å²) in [6.07, 6.45) is 5.82. The lowest BCUT2D eigenvalue weighted by Crippen LogP contribution is -2.40. The fourth-order valence-electron chi connectivity index (χ4n) is 3.07. The first-order chi connectivity index (χ1) is 12.4. The predicted octanol–water partition coefficient (Wildman–Crippen LogP) is 4.85. The number of halogens is 4. The molecular weight excluding hydrogens is 418 g/mol. The van der Waals surface area contributed by atoms with Gasteiger partial charge in [-0.05, 0) is 44.0 Å². The summed E-state index contributed by atoms with van der Waals surface area (Å²) in [5.41, 5.74) is 0.254. The smallest absolute Gasteiger partial charge is 0.238 e. The summed E-state index contributed by atoms with van der Waals surface area (Å²) >= 11 is 24.3. The summed E-state index contributed by atoms with van der Waals surface area (Å²) in [6.45, 7) is 2.90. The topological polar surface area (TPSA) is 50.2 Å². The van der Waals surface area contributed by atoms with Crippen molar-refractivity contribution in [1.82, 2.24) is 14.7 Å². The third-order valence-corrected chi connectivity index (χ3v) is 6.03. The van der Waals surface area contributed by atoms with E-state index >= 15 is 0 Å². The number of anilines is 1. The second kappa shape index (κ2) is 8.81. The van der Waals surface area contributed by atoms with E-state index in [4.69, 9.17) is 46.4 Å². The van der Waals surface area contributed by atoms with Crippen molar-refractivity contribution in [3.8, 4) is 0 Å². The van der Waals surface area contributed by atoms with Gasteiger partial charge in [-0.25, -0.2) is 0 Å². The molecule has 0 bridgehead atoms. The first kappa shape index (κ1) is 19.8. The Kier molecular flexibility index (Phi) is 6.70. The molecule has 1 fully saturated rings. The fourth-order valence-corrected chi connectivity index (χ4v) is 3.97. The normalized spacial score (nSPS) is 16.0. The summed E-state index contributed by atoms with van der Waals surface area (Å²) in [6, 6.07) is 3.38. The molecule has 1 aromatic carbocycles. The molecule has 0 aliphatic carbocycles. The molecule has 1 amide bonds. The van der Waals surface area contributed by atoms with E-state index in [0.717, 1.165) is 32.5 Å². The quantitative estimate of drug-likeness (QED) is 0.683. The van der Waals surface area contributed by atoms with Crippen molar-refractivity contribution >= 4 is 58.0 Å². The standard InChI is InChI=1S/C17H18Cl4N4O/c18-12-8-13(19)16(21)17(15(12)20)23-14(26)10-24-6-2-11(3-7-24)9-25-5-1-4-22-25/h1,4-5,8,11H,2-3,6-7,9-10H2,(H,23,26). The lowest BCUT2D eigenvalue weighted by Gasteiger charge is -2.31. The van der Waals surface area contributed by atoms with Crippen molar-refractivity contribution in [3.05, 3.63) is 44.6 Å². The Labute approximate surface area is 172 Å². The van der Waals surface area contributed by atoms with Gasteiger partial charge in [-0.3, -0.25) is 14.4 Å². The summed E-state index contributed by atoms with van der Waals surface area (Å²) in [5.74, 6) is 0.377. The van der Waals surface area contributed by atoms with Gasteiger partial charge in [0.2, 0.25) is 5.91 Å². The van der Waals surface area contributed by atoms with E-state index in [2.05, 4.69) is 15.3 Å². The third kappa shape index (κ3) is 4.84. The zero-order valence-corrected chi connectivity index (χ0v) is 16.9. The van der Waals surface area contributed by atoms with Crippen LogP contribution < -0.4 is 5.32 Å². The average molecular weight is 436 g/mol. The Bertz CT molecular complexity index is 747. The molecule has 1 aliphatic heterocycles. The Hall–Kier alpha value is -0.980. The maximum Gasteiger partial charge on any atom is 0.238 e. The van der Waals surface area contributed by atoms with Crippen LogP contribution in [0.1, 0.15) is 12.8 Å². The number of carbonyl (C=O) groups excluding carboxylic acids is 1. The maximum atomic E-state index is 12.4. The number of carbonyl (C=O) groups is 1. The molecule has 0 radical (unpaired) electrons. The Morgan fingerprint density at radius 1 is 1.15 bits per heavy atom. The molecule has 140 valence electrons. The number of nitrogens with zero attached hydrogens (tertiary/aromatic N) is 3. The van der Waals surface area contributed by atoms with E-state index in [1.807, 2.05) is 16.9 Å². The number of benzene rings is 1. The fraction of sp³-hybridized carbons (Fsp3) is 0.412. The van der Waals surface area contributed by atoms with Crippen molar-refractivity contribution < 1.29 is 4.79 Å². The van der Waals surface area contributed by atoms with Gasteiger partial charge in [0.15, 0.2) is 0 Å². The van der Waals surface area contributed by atoms with E-state index in [1.54, 1.807) is 6.20 Å². The summed E-state index contributed by atoms with van der Waals surface area (Å²) < 4.78 is 1.96. The molecule has 1 aromatic heterocycles. The number of hydrogen-bond donors (Lipinski definition) is 1. The van der Waals surface area contributed by atoms with Crippen LogP contribution in [0.25, 0.3) is 0 Å². The second-order valence-electron chi connectivity index (χ2n) is 6.34. The SMILES string of the molecule is O=C(CN1CCC(Cn2cccn2)CC1)Nc1c(Cl)c(Cl)cc(Cl)c1Cl. The maximum absolute atomic E-state index is 12.4. The van der Waals surface area contributed by atoms with Crippen LogP contribution in [-0.2, 0) is 11.3 Å². The molecule has 1 N–H and O–H groups in total. The van der Waals surface area contributed by atoms with Gasteiger partial charge in [0.25, 0.3) is 0 Å². The Morgan fingerprint density at radius 2 is 1.81 bits per heavy atom. The zero-order valence-electron chi connectivity index (χ0n) is 13.9. The highest BCUT2D eigenvalue weighted by Gasteiger charge is 2.22. The van der Waals surface area contributed by atoms with E-state index in [0.29, 0.717) is 5.92 Å². The highest BCUT2D eigenvalue weighted by molar-refractivity contribution is 6.50. The third-order valence-electron chi connectivity index (χ3n) is 4.46. The molecular formula is C17H18Cl4N4O. The molecule has 1 aliphatic rings. The highest BCUT2D eigenvalue weighted by Crippen LogP contribution is 2.41. The molecule has 0 spiro atoms. The minimum absolute atomic E-state index is 0.187. The van der Waals surface area contributed by atoms with E-state index < -0.39 is 0 Å². The largest absolute Gasteiger partial charge is 0.322 e. The average Bonchev–Trinajstić information content (AvgIpc) is 3.12. The zero-order chi connectivity index (χ0) is 18.7. The Morgan fingerprint density at radius 3 is 2.38 bits per heavy atom. The molecule has 9 heteroatoms. The number of nitrogens with one attached hydrogen (secondary N) is 1. The first-order valence-corrected chi connectivity index (χ1v) is 9.78. The van der Waals surface area contributed by atoms with Crippen LogP contribution in [0, 0.1) is 5.92 Å². The van der Waals surface area contributed by atoms with Gasteiger partial charge < -0.3 is 5.32 Å². The summed E-state index contributed by atoms with van der Waals surface area (Å²) in [5, 5.41) is 7.84. The Balaban J connectivity index is 1.52. The molecule has 3 rings (SSSR count). The van der Waals surface area contributed by atoms with Crippen LogP contribution in [0.2, 0.25) is 20.1 Å². The number of amides is 1. The molecule has 0 saturated carbocycles. The van der Waals surface area contributed by atoms with Crippen LogP contribution in [0.5, 0.6) is 0 Å². The van der Waals surface area contributed by atoms with Crippen molar-refractivity contribution in [2.45, 2.75) is 19.4 Å². The highest BCUT2D eigenvalue weighted by atomic mass is 35.5. The number of piperidine rings is 1. The predicted molar refractivity (Wildman–Crippen MR) is 107 cm³/mol. The molecule has 1 saturated heterocycles. The molecule has 5 nitrogen and oxygen atoms in total. The van der Waals surface area contributed by atoms with Crippen molar-refractivity contribution in [2.75, 3.05) is 25.0 Å². The van der Waals surface area contributed by atoms with Gasteiger partial charge in [-0.15, -0.1) is 0 Å². The number of aromatic nitrogens is 2. The van der Waals surface area contributed by atoms with Crippen LogP contribution in [0.4, 0.5) is 5.69 Å². The lowest BCUT2D eigenvalue weighted by molar-refractivity contribution is -0.117. The van der Waals surface area contributed by atoms with Gasteiger partial charge in [0.05, 0.1) is 32.3 Å². The molecule has 0 atom stereocenters. The lowest BCUT2D eigenvalue weighted by atomic mass is 9.97. The molecule has 26 heavy (non-hydrogen) atoms. The molecule has 2 aromatic rings. The van der Waals surface area contributed by atoms with Crippen molar-refractivity contribution in [1.29, 1.82) is 0 Å². The summed E-state index contributed by atoms with van der Waals surface area (Å²) in [4.78, 5) is 14.5. The van der Waals surface area contributed by atoms with Crippen molar-refractivity contribution in [3.63, 3.8) is 0 Å². The minimum Gasteiger partial charge on any atom is -0.322 e. The van der Waals surface area contributed by atoms with Crippen LogP contribution in [0.15, 0.2) is 24.5 Å². The molecule has 2 heterocycles. The van der Waals surface area contributed by atoms with Gasteiger partial charge in [-0.2, -0.15) is 5.10 Å². The number of rotatable bonds is 5. The first-order valence-electron chi connectivity index (χ1n) is 8.26. The monoisotopic (exact) mass is 434 g/mol. The van der Waals surface area contributed by atoms with E-state index in [1.165, 1.54) is 6.07 Å². The summed E-state index contributed by atoms with van der Waals surface area (Å²) in [7, 11) is 0. The van der Waals surface area contributed by atoms with Crippen LogP contribution in [0.3, 0.4) is 0 Å².